The third-order valence-electron chi connectivity index (χ3n) is 3.81. The summed E-state index contributed by atoms with van der Waals surface area (Å²) >= 11 is 0. The topological polar surface area (TPSA) is 79.3 Å². The number of imidazole rings is 1. The predicted octanol–water partition coefficient (Wildman–Crippen LogP) is 4.30. The van der Waals surface area contributed by atoms with Crippen molar-refractivity contribution in [3.05, 3.63) is 58.9 Å². The third kappa shape index (κ3) is 3.03. The molecule has 2 heterocycles. The van der Waals surface area contributed by atoms with Crippen LogP contribution in [0.5, 0.6) is 0 Å². The quantitative estimate of drug-likeness (QED) is 0.727. The Morgan fingerprint density at radius 2 is 1.96 bits per heavy atom. The summed E-state index contributed by atoms with van der Waals surface area (Å²) in [5, 5.41) is 17.7. The van der Waals surface area contributed by atoms with Gasteiger partial charge in [-0.1, -0.05) is 23.8 Å². The van der Waals surface area contributed by atoms with E-state index in [1.54, 1.807) is 4.40 Å². The molecule has 1 N–H and O–H groups in total. The van der Waals surface area contributed by atoms with E-state index in [1.807, 2.05) is 57.3 Å². The van der Waals surface area contributed by atoms with E-state index < -0.39 is 5.97 Å². The van der Waals surface area contributed by atoms with E-state index in [1.165, 1.54) is 0 Å². The molecule has 6 nitrogen and oxygen atoms in total. The molecule has 0 aliphatic carbocycles. The first-order valence-corrected chi connectivity index (χ1v) is 7.63. The Kier molecular flexibility index (Phi) is 4.12. The van der Waals surface area contributed by atoms with Crippen molar-refractivity contribution in [2.24, 2.45) is 10.2 Å². The molecule has 3 rings (SSSR count). The minimum absolute atomic E-state index is 0.192. The van der Waals surface area contributed by atoms with Gasteiger partial charge < -0.3 is 5.11 Å². The average Bonchev–Trinajstić information content (AvgIpc) is 2.85. The van der Waals surface area contributed by atoms with Crippen molar-refractivity contribution in [1.29, 1.82) is 0 Å². The summed E-state index contributed by atoms with van der Waals surface area (Å²) in [7, 11) is 0. The Morgan fingerprint density at radius 3 is 2.67 bits per heavy atom. The highest BCUT2D eigenvalue weighted by Crippen LogP contribution is 2.27. The van der Waals surface area contributed by atoms with Crippen LogP contribution in [0.25, 0.3) is 5.65 Å². The molecule has 24 heavy (non-hydrogen) atoms. The van der Waals surface area contributed by atoms with Gasteiger partial charge in [-0.3, -0.25) is 9.20 Å². The van der Waals surface area contributed by atoms with Gasteiger partial charge in [-0.05, 0) is 44.0 Å². The van der Waals surface area contributed by atoms with Crippen LogP contribution in [-0.2, 0) is 11.2 Å². The molecule has 0 radical (unpaired) electrons. The van der Waals surface area contributed by atoms with Crippen LogP contribution in [0.4, 0.5) is 11.5 Å². The molecule has 0 saturated heterocycles. The molecule has 0 atom stereocenters. The van der Waals surface area contributed by atoms with Crippen molar-refractivity contribution in [1.82, 2.24) is 9.38 Å². The Hall–Kier alpha value is -3.02. The number of pyridine rings is 1. The maximum absolute atomic E-state index is 11.1. The molecule has 0 aliphatic rings. The number of rotatable bonds is 4. The number of aryl methyl sites for hydroxylation is 3. The second-order valence-electron chi connectivity index (χ2n) is 5.83. The van der Waals surface area contributed by atoms with Gasteiger partial charge in [-0.15, -0.1) is 10.2 Å². The van der Waals surface area contributed by atoms with Gasteiger partial charge in [-0.2, -0.15) is 0 Å². The van der Waals surface area contributed by atoms with Crippen LogP contribution in [0.2, 0.25) is 0 Å². The summed E-state index contributed by atoms with van der Waals surface area (Å²) in [6.07, 6.45) is 1.62. The first-order valence-electron chi connectivity index (χ1n) is 7.63. The molecular formula is C18H18N4O2. The molecule has 122 valence electrons. The molecule has 2 aromatic heterocycles. The predicted molar refractivity (Wildman–Crippen MR) is 91.4 cm³/mol. The van der Waals surface area contributed by atoms with Crippen molar-refractivity contribution in [3.63, 3.8) is 0 Å². The van der Waals surface area contributed by atoms with E-state index in [2.05, 4.69) is 15.2 Å². The number of fused-ring (bicyclic) bond motifs is 1. The van der Waals surface area contributed by atoms with Crippen LogP contribution in [0.1, 0.15) is 22.4 Å². The van der Waals surface area contributed by atoms with Crippen LogP contribution in [-0.4, -0.2) is 20.5 Å². The van der Waals surface area contributed by atoms with Gasteiger partial charge in [0.25, 0.3) is 0 Å². The van der Waals surface area contributed by atoms with E-state index in [9.17, 15) is 4.79 Å². The minimum Gasteiger partial charge on any atom is -0.481 e. The largest absolute Gasteiger partial charge is 0.481 e. The highest BCUT2D eigenvalue weighted by atomic mass is 16.4. The van der Waals surface area contributed by atoms with Gasteiger partial charge >= 0.3 is 5.97 Å². The smallest absolute Gasteiger partial charge is 0.309 e. The fourth-order valence-electron chi connectivity index (χ4n) is 2.62. The molecule has 0 saturated carbocycles. The van der Waals surface area contributed by atoms with Gasteiger partial charge in [-0.25, -0.2) is 4.98 Å². The van der Waals surface area contributed by atoms with Crippen molar-refractivity contribution in [3.8, 4) is 0 Å². The summed E-state index contributed by atoms with van der Waals surface area (Å²) in [5.74, 6) is -0.491. The summed E-state index contributed by atoms with van der Waals surface area (Å²) < 4.78 is 1.78. The Labute approximate surface area is 139 Å². The van der Waals surface area contributed by atoms with E-state index in [0.29, 0.717) is 17.2 Å². The van der Waals surface area contributed by atoms with Crippen molar-refractivity contribution in [2.75, 3.05) is 0 Å². The van der Waals surface area contributed by atoms with Crippen LogP contribution in [0, 0.1) is 20.8 Å². The van der Waals surface area contributed by atoms with Crippen LogP contribution in [0.15, 0.2) is 46.8 Å². The first-order chi connectivity index (χ1) is 11.5. The highest BCUT2D eigenvalue weighted by Gasteiger charge is 2.16. The van der Waals surface area contributed by atoms with Gasteiger partial charge in [0.15, 0.2) is 5.82 Å². The molecule has 0 bridgehead atoms. The lowest BCUT2D eigenvalue weighted by Gasteiger charge is -2.01. The summed E-state index contributed by atoms with van der Waals surface area (Å²) in [6.45, 7) is 5.92. The number of aliphatic carboxylic acids is 1. The lowest BCUT2D eigenvalue weighted by atomic mass is 10.1. The molecule has 0 unspecified atom stereocenters. The number of benzene rings is 1. The van der Waals surface area contributed by atoms with E-state index in [4.69, 9.17) is 5.11 Å². The maximum atomic E-state index is 11.1. The number of aromatic nitrogens is 2. The van der Waals surface area contributed by atoms with Gasteiger partial charge in [0.1, 0.15) is 5.65 Å². The zero-order valence-corrected chi connectivity index (χ0v) is 13.8. The number of hydrogen-bond acceptors (Lipinski definition) is 4. The van der Waals surface area contributed by atoms with Gasteiger partial charge in [0, 0.05) is 6.20 Å². The van der Waals surface area contributed by atoms with E-state index in [0.717, 1.165) is 22.4 Å². The Morgan fingerprint density at radius 1 is 1.17 bits per heavy atom. The summed E-state index contributed by atoms with van der Waals surface area (Å²) in [6, 6.07) is 9.71. The molecule has 6 heteroatoms. The molecule has 1 aromatic carbocycles. The first kappa shape index (κ1) is 15.9. The SMILES string of the molecule is Cc1ccc(N=Nc2c(CC(=O)O)nc3c(C)cccn23)c(C)c1. The van der Waals surface area contributed by atoms with Crippen molar-refractivity contribution in [2.45, 2.75) is 27.2 Å². The standard InChI is InChI=1S/C18H18N4O2/c1-11-6-7-14(13(3)9-11)20-21-18-15(10-16(23)24)19-17-12(2)5-4-8-22(17)18/h4-9H,10H2,1-3H3,(H,23,24). The van der Waals surface area contributed by atoms with Crippen LogP contribution >= 0.6 is 0 Å². The number of carboxylic acid groups (broad SMARTS) is 1. The lowest BCUT2D eigenvalue weighted by molar-refractivity contribution is -0.136. The van der Waals surface area contributed by atoms with Crippen LogP contribution < -0.4 is 0 Å². The average molecular weight is 322 g/mol. The zero-order chi connectivity index (χ0) is 17.3. The van der Waals surface area contributed by atoms with Gasteiger partial charge in [0.2, 0.25) is 0 Å². The maximum Gasteiger partial charge on any atom is 0.309 e. The monoisotopic (exact) mass is 322 g/mol. The number of azo groups is 1. The molecule has 0 fully saturated rings. The zero-order valence-electron chi connectivity index (χ0n) is 13.8. The molecular weight excluding hydrogens is 304 g/mol. The number of carbonyl (C=O) groups is 1. The minimum atomic E-state index is -0.945. The number of nitrogens with zero attached hydrogens (tertiary/aromatic N) is 4. The van der Waals surface area contributed by atoms with Gasteiger partial charge in [0.05, 0.1) is 17.8 Å². The van der Waals surface area contributed by atoms with E-state index >= 15 is 0 Å². The van der Waals surface area contributed by atoms with Crippen LogP contribution in [0.3, 0.4) is 0 Å². The molecule has 0 spiro atoms. The summed E-state index contributed by atoms with van der Waals surface area (Å²) in [4.78, 5) is 15.6. The normalized spacial score (nSPS) is 11.5. The molecule has 3 aromatic rings. The van der Waals surface area contributed by atoms with E-state index in [-0.39, 0.29) is 6.42 Å². The fourth-order valence-corrected chi connectivity index (χ4v) is 2.62. The van der Waals surface area contributed by atoms with Crippen molar-refractivity contribution < 1.29 is 9.90 Å². The molecule has 0 amide bonds. The second-order valence-corrected chi connectivity index (χ2v) is 5.83. The fraction of sp³-hybridized carbons (Fsp3) is 0.222. The Bertz CT molecular complexity index is 957. The highest BCUT2D eigenvalue weighted by molar-refractivity contribution is 5.72. The summed E-state index contributed by atoms with van der Waals surface area (Å²) in [5.41, 5.74) is 4.99. The lowest BCUT2D eigenvalue weighted by Crippen LogP contribution is -2.00. The number of hydrogen-bond donors (Lipinski definition) is 1. The Balaban J connectivity index is 2.11. The number of carboxylic acids is 1. The third-order valence-corrected chi connectivity index (χ3v) is 3.81. The molecule has 0 aliphatic heterocycles. The van der Waals surface area contributed by atoms with Crippen molar-refractivity contribution >= 4 is 23.1 Å². The second kappa shape index (κ2) is 6.23.